The van der Waals surface area contributed by atoms with Gasteiger partial charge in [0.2, 0.25) is 0 Å². The van der Waals surface area contributed by atoms with Crippen LogP contribution in [-0.4, -0.2) is 4.98 Å². The van der Waals surface area contributed by atoms with E-state index in [0.29, 0.717) is 0 Å². The standard InChI is InChI=1S/C12H10N/c1-10-5-4-6-11(9-10)12-7-2-3-8-13-12/h2-5,7-9H,1H3. The van der Waals surface area contributed by atoms with Gasteiger partial charge in [-0.2, -0.15) is 0 Å². The maximum atomic E-state index is 4.26. The van der Waals surface area contributed by atoms with Gasteiger partial charge in [0.1, 0.15) is 0 Å². The minimum atomic E-state index is 0.978. The SMILES string of the molecule is Cc1cc[c]c(-c2ccccn2)c1. The average Bonchev–Trinajstić information content (AvgIpc) is 2.19. The first-order valence-corrected chi connectivity index (χ1v) is 4.26. The van der Waals surface area contributed by atoms with Crippen LogP contribution in [0.4, 0.5) is 0 Å². The van der Waals surface area contributed by atoms with Crippen LogP contribution in [0.3, 0.4) is 0 Å². The van der Waals surface area contributed by atoms with Crippen molar-refractivity contribution in [3.8, 4) is 11.3 Å². The van der Waals surface area contributed by atoms with Gasteiger partial charge in [-0.3, -0.25) is 4.98 Å². The van der Waals surface area contributed by atoms with Gasteiger partial charge in [-0.25, -0.2) is 0 Å². The van der Waals surface area contributed by atoms with Crippen LogP contribution in [0.1, 0.15) is 5.56 Å². The van der Waals surface area contributed by atoms with Crippen LogP contribution < -0.4 is 0 Å². The molecule has 0 spiro atoms. The molecule has 0 saturated carbocycles. The van der Waals surface area contributed by atoms with Crippen molar-refractivity contribution in [1.82, 2.24) is 4.98 Å². The summed E-state index contributed by atoms with van der Waals surface area (Å²) >= 11 is 0. The molecule has 0 bridgehead atoms. The van der Waals surface area contributed by atoms with E-state index in [1.807, 2.05) is 30.3 Å². The van der Waals surface area contributed by atoms with E-state index < -0.39 is 0 Å². The molecule has 0 amide bonds. The third kappa shape index (κ3) is 1.75. The minimum Gasteiger partial charge on any atom is -0.256 e. The Morgan fingerprint density at radius 2 is 2.15 bits per heavy atom. The van der Waals surface area contributed by atoms with Crippen molar-refractivity contribution < 1.29 is 0 Å². The van der Waals surface area contributed by atoms with Crippen LogP contribution >= 0.6 is 0 Å². The van der Waals surface area contributed by atoms with Crippen molar-refractivity contribution >= 4 is 0 Å². The molecule has 1 nitrogen and oxygen atoms in total. The number of aromatic nitrogens is 1. The van der Waals surface area contributed by atoms with Gasteiger partial charge >= 0.3 is 0 Å². The second-order valence-electron chi connectivity index (χ2n) is 2.99. The fourth-order valence-corrected chi connectivity index (χ4v) is 1.25. The van der Waals surface area contributed by atoms with Crippen molar-refractivity contribution in [2.24, 2.45) is 0 Å². The van der Waals surface area contributed by atoms with Crippen LogP contribution in [0.15, 0.2) is 42.6 Å². The lowest BCUT2D eigenvalue weighted by Crippen LogP contribution is -1.82. The predicted molar refractivity (Wildman–Crippen MR) is 53.2 cm³/mol. The summed E-state index contributed by atoms with van der Waals surface area (Å²) in [7, 11) is 0. The van der Waals surface area contributed by atoms with Crippen LogP contribution in [0, 0.1) is 13.0 Å². The van der Waals surface area contributed by atoms with Gasteiger partial charge in [0.15, 0.2) is 0 Å². The topological polar surface area (TPSA) is 12.9 Å². The summed E-state index contributed by atoms with van der Waals surface area (Å²) in [6.07, 6.45) is 1.80. The number of hydrogen-bond donors (Lipinski definition) is 0. The molecule has 0 unspecified atom stereocenters. The van der Waals surface area contributed by atoms with E-state index >= 15 is 0 Å². The molecule has 13 heavy (non-hydrogen) atoms. The summed E-state index contributed by atoms with van der Waals surface area (Å²) in [6.45, 7) is 2.07. The lowest BCUT2D eigenvalue weighted by Gasteiger charge is -1.99. The molecule has 1 heterocycles. The van der Waals surface area contributed by atoms with Crippen LogP contribution in [0.25, 0.3) is 11.3 Å². The molecule has 0 aliphatic carbocycles. The average molecular weight is 168 g/mol. The molecule has 1 heteroatoms. The van der Waals surface area contributed by atoms with E-state index in [9.17, 15) is 0 Å². The summed E-state index contributed by atoms with van der Waals surface area (Å²) in [5.74, 6) is 0. The van der Waals surface area contributed by atoms with Crippen LogP contribution in [0.2, 0.25) is 0 Å². The summed E-state index contributed by atoms with van der Waals surface area (Å²) in [6, 6.07) is 15.1. The largest absolute Gasteiger partial charge is 0.256 e. The fourth-order valence-electron chi connectivity index (χ4n) is 1.25. The molecule has 1 aromatic carbocycles. The van der Waals surface area contributed by atoms with E-state index in [4.69, 9.17) is 0 Å². The van der Waals surface area contributed by atoms with Crippen molar-refractivity contribution in [2.45, 2.75) is 6.92 Å². The smallest absolute Gasteiger partial charge is 0.0708 e. The molecule has 0 aliphatic rings. The zero-order chi connectivity index (χ0) is 9.10. The van der Waals surface area contributed by atoms with Gasteiger partial charge in [0.25, 0.3) is 0 Å². The highest BCUT2D eigenvalue weighted by Gasteiger charge is 1.96. The third-order valence-electron chi connectivity index (χ3n) is 1.90. The van der Waals surface area contributed by atoms with Crippen molar-refractivity contribution in [1.29, 1.82) is 0 Å². The molecular weight excluding hydrogens is 158 g/mol. The van der Waals surface area contributed by atoms with Crippen LogP contribution in [0.5, 0.6) is 0 Å². The van der Waals surface area contributed by atoms with Gasteiger partial charge in [0, 0.05) is 11.8 Å². The Bertz CT molecular complexity index is 393. The normalized spacial score (nSPS) is 9.92. The first-order chi connectivity index (χ1) is 6.36. The zero-order valence-corrected chi connectivity index (χ0v) is 7.49. The Labute approximate surface area is 78.1 Å². The Morgan fingerprint density at radius 3 is 2.85 bits per heavy atom. The zero-order valence-electron chi connectivity index (χ0n) is 7.49. The molecule has 63 valence electrons. The lowest BCUT2D eigenvalue weighted by atomic mass is 10.1. The number of aryl methyl sites for hydroxylation is 1. The minimum absolute atomic E-state index is 0.978. The van der Waals surface area contributed by atoms with E-state index in [2.05, 4.69) is 24.0 Å². The molecule has 0 fully saturated rings. The molecule has 2 rings (SSSR count). The monoisotopic (exact) mass is 168 g/mol. The van der Waals surface area contributed by atoms with Crippen molar-refractivity contribution in [3.05, 3.63) is 54.2 Å². The fraction of sp³-hybridized carbons (Fsp3) is 0.0833. The summed E-state index contributed by atoms with van der Waals surface area (Å²) in [5, 5.41) is 0. The number of nitrogens with zero attached hydrogens (tertiary/aromatic N) is 1. The van der Waals surface area contributed by atoms with Crippen molar-refractivity contribution in [2.75, 3.05) is 0 Å². The number of pyridine rings is 1. The van der Waals surface area contributed by atoms with E-state index in [0.717, 1.165) is 11.3 Å². The highest BCUT2D eigenvalue weighted by atomic mass is 14.7. The van der Waals surface area contributed by atoms with Gasteiger partial charge in [-0.1, -0.05) is 23.8 Å². The van der Waals surface area contributed by atoms with E-state index in [1.54, 1.807) is 6.20 Å². The van der Waals surface area contributed by atoms with Gasteiger partial charge < -0.3 is 0 Å². The number of hydrogen-bond acceptors (Lipinski definition) is 1. The Hall–Kier alpha value is -1.63. The van der Waals surface area contributed by atoms with Gasteiger partial charge in [0.05, 0.1) is 5.69 Å². The molecule has 0 atom stereocenters. The first-order valence-electron chi connectivity index (χ1n) is 4.26. The summed E-state index contributed by atoms with van der Waals surface area (Å²) < 4.78 is 0. The lowest BCUT2D eigenvalue weighted by molar-refractivity contribution is 1.32. The second kappa shape index (κ2) is 3.40. The Kier molecular flexibility index (Phi) is 2.09. The number of rotatable bonds is 1. The van der Waals surface area contributed by atoms with Gasteiger partial charge in [-0.05, 0) is 31.2 Å². The molecule has 1 radical (unpaired) electrons. The van der Waals surface area contributed by atoms with Gasteiger partial charge in [-0.15, -0.1) is 0 Å². The second-order valence-corrected chi connectivity index (χ2v) is 2.99. The highest BCUT2D eigenvalue weighted by molar-refractivity contribution is 5.58. The molecule has 0 N–H and O–H groups in total. The molecule has 0 saturated heterocycles. The highest BCUT2D eigenvalue weighted by Crippen LogP contribution is 2.16. The number of benzene rings is 1. The van der Waals surface area contributed by atoms with Crippen LogP contribution in [-0.2, 0) is 0 Å². The molecule has 0 aliphatic heterocycles. The molecule has 1 aromatic heterocycles. The maximum absolute atomic E-state index is 4.26. The maximum Gasteiger partial charge on any atom is 0.0708 e. The Morgan fingerprint density at radius 1 is 1.23 bits per heavy atom. The van der Waals surface area contributed by atoms with E-state index in [1.165, 1.54) is 5.56 Å². The molecule has 2 aromatic rings. The van der Waals surface area contributed by atoms with Crippen molar-refractivity contribution in [3.63, 3.8) is 0 Å². The first kappa shape index (κ1) is 7.99. The third-order valence-corrected chi connectivity index (χ3v) is 1.90. The predicted octanol–water partition coefficient (Wildman–Crippen LogP) is 2.86. The quantitative estimate of drug-likeness (QED) is 0.638. The van der Waals surface area contributed by atoms with E-state index in [-0.39, 0.29) is 0 Å². The molecular formula is C12H10N. The summed E-state index contributed by atoms with van der Waals surface area (Å²) in [5.41, 5.74) is 3.27. The Balaban J connectivity index is 2.48. The summed E-state index contributed by atoms with van der Waals surface area (Å²) in [4.78, 5) is 4.26.